The minimum Gasteiger partial charge on any atom is -0.480 e. The Morgan fingerprint density at radius 3 is 2.95 bits per heavy atom. The molecule has 1 aromatic carbocycles. The fourth-order valence-corrected chi connectivity index (χ4v) is 3.35. The highest BCUT2D eigenvalue weighted by molar-refractivity contribution is 7.09. The molecule has 0 bridgehead atoms. The van der Waals surface area contributed by atoms with Crippen molar-refractivity contribution >= 4 is 17.3 Å². The van der Waals surface area contributed by atoms with Crippen LogP contribution in [0.25, 0.3) is 0 Å². The molecule has 0 radical (unpaired) electrons. The van der Waals surface area contributed by atoms with Crippen LogP contribution in [0.2, 0.25) is 0 Å². The summed E-state index contributed by atoms with van der Waals surface area (Å²) in [6.45, 7) is 1.06. The average molecular weight is 291 g/mol. The predicted octanol–water partition coefficient (Wildman–Crippen LogP) is 2.90. The molecule has 3 rings (SSSR count). The van der Waals surface area contributed by atoms with E-state index in [1.54, 1.807) is 17.4 Å². The Morgan fingerprint density at radius 2 is 2.25 bits per heavy atom. The Kier molecular flexibility index (Phi) is 3.54. The summed E-state index contributed by atoms with van der Waals surface area (Å²) in [4.78, 5) is 14.5. The van der Waals surface area contributed by atoms with Crippen LogP contribution < -0.4 is 0 Å². The number of hydrogen-bond acceptors (Lipinski definition) is 3. The summed E-state index contributed by atoms with van der Waals surface area (Å²) in [5.74, 6) is -1.09. The monoisotopic (exact) mass is 291 g/mol. The van der Waals surface area contributed by atoms with E-state index in [9.17, 15) is 14.3 Å². The van der Waals surface area contributed by atoms with Gasteiger partial charge in [0.15, 0.2) is 0 Å². The fourth-order valence-electron chi connectivity index (χ4n) is 2.62. The zero-order chi connectivity index (χ0) is 14.1. The number of carbonyl (C=O) groups is 1. The Hall–Kier alpha value is -1.72. The molecule has 0 saturated carbocycles. The molecular formula is C15H14FNO2S. The van der Waals surface area contributed by atoms with Crippen LogP contribution in [0, 0.1) is 5.82 Å². The number of aliphatic carboxylic acids is 1. The van der Waals surface area contributed by atoms with Gasteiger partial charge in [0, 0.05) is 18.0 Å². The van der Waals surface area contributed by atoms with Crippen LogP contribution >= 0.6 is 11.3 Å². The maximum atomic E-state index is 13.3. The van der Waals surface area contributed by atoms with Crippen molar-refractivity contribution in [3.8, 4) is 0 Å². The van der Waals surface area contributed by atoms with Crippen LogP contribution in [0.1, 0.15) is 16.0 Å². The third kappa shape index (κ3) is 2.59. The minimum absolute atomic E-state index is 0.270. The molecule has 2 aromatic rings. The molecule has 104 valence electrons. The Morgan fingerprint density at radius 1 is 1.40 bits per heavy atom. The number of nitrogens with zero attached hydrogens (tertiary/aromatic N) is 1. The van der Waals surface area contributed by atoms with E-state index < -0.39 is 12.0 Å². The van der Waals surface area contributed by atoms with Crippen molar-refractivity contribution in [1.82, 2.24) is 4.90 Å². The first-order valence-corrected chi connectivity index (χ1v) is 7.28. The van der Waals surface area contributed by atoms with Gasteiger partial charge in [-0.25, -0.2) is 4.39 Å². The van der Waals surface area contributed by atoms with Gasteiger partial charge in [-0.15, -0.1) is 11.3 Å². The van der Waals surface area contributed by atoms with Crippen molar-refractivity contribution in [3.05, 3.63) is 57.5 Å². The quantitative estimate of drug-likeness (QED) is 0.945. The van der Waals surface area contributed by atoms with Gasteiger partial charge in [-0.2, -0.15) is 0 Å². The highest BCUT2D eigenvalue weighted by Crippen LogP contribution is 2.26. The summed E-state index contributed by atoms with van der Waals surface area (Å²) in [5, 5.41) is 11.4. The van der Waals surface area contributed by atoms with E-state index in [-0.39, 0.29) is 5.82 Å². The van der Waals surface area contributed by atoms with Crippen LogP contribution in [0.4, 0.5) is 4.39 Å². The summed E-state index contributed by atoms with van der Waals surface area (Å²) in [5.41, 5.74) is 1.82. The van der Waals surface area contributed by atoms with Gasteiger partial charge in [0.25, 0.3) is 0 Å². The number of carboxylic acid groups (broad SMARTS) is 1. The van der Waals surface area contributed by atoms with Gasteiger partial charge in [-0.1, -0.05) is 12.1 Å². The maximum absolute atomic E-state index is 13.3. The van der Waals surface area contributed by atoms with E-state index in [0.717, 1.165) is 16.0 Å². The van der Waals surface area contributed by atoms with Gasteiger partial charge in [0.05, 0.1) is 0 Å². The second kappa shape index (κ2) is 5.34. The number of thiophene rings is 1. The smallest absolute Gasteiger partial charge is 0.321 e. The first-order chi connectivity index (χ1) is 9.63. The molecule has 0 aliphatic carbocycles. The van der Waals surface area contributed by atoms with Crippen molar-refractivity contribution in [2.45, 2.75) is 25.6 Å². The van der Waals surface area contributed by atoms with E-state index in [0.29, 0.717) is 19.5 Å². The fraction of sp³-hybridized carbons (Fsp3) is 0.267. The lowest BCUT2D eigenvalue weighted by atomic mass is 9.94. The van der Waals surface area contributed by atoms with Gasteiger partial charge < -0.3 is 5.11 Å². The third-order valence-corrected chi connectivity index (χ3v) is 4.48. The van der Waals surface area contributed by atoms with E-state index in [1.165, 1.54) is 12.1 Å². The standard InChI is InChI=1S/C15H14FNO2S/c16-12-4-3-10-7-14(15(18)19)17(8-11(10)6-12)9-13-2-1-5-20-13/h1-6,14H,7-9H2,(H,18,19)/t14-/m1/s1. The molecule has 5 heteroatoms. The Bertz CT molecular complexity index is 627. The molecule has 0 fully saturated rings. The topological polar surface area (TPSA) is 40.5 Å². The normalized spacial score (nSPS) is 18.8. The Balaban J connectivity index is 1.89. The summed E-state index contributed by atoms with van der Waals surface area (Å²) < 4.78 is 13.3. The predicted molar refractivity (Wildman–Crippen MR) is 75.1 cm³/mol. The van der Waals surface area contributed by atoms with E-state index in [2.05, 4.69) is 0 Å². The van der Waals surface area contributed by atoms with Crippen molar-refractivity contribution in [2.24, 2.45) is 0 Å². The molecular weight excluding hydrogens is 277 g/mol. The van der Waals surface area contributed by atoms with Gasteiger partial charge in [0.1, 0.15) is 11.9 Å². The Labute approximate surface area is 120 Å². The molecule has 1 aliphatic rings. The van der Waals surface area contributed by atoms with Crippen LogP contribution in [-0.4, -0.2) is 22.0 Å². The SMILES string of the molecule is O=C(O)[C@H]1Cc2ccc(F)cc2CN1Cc1cccs1. The van der Waals surface area contributed by atoms with Crippen LogP contribution in [-0.2, 0) is 24.3 Å². The minimum atomic E-state index is -0.823. The second-order valence-electron chi connectivity index (χ2n) is 4.96. The molecule has 1 aromatic heterocycles. The largest absolute Gasteiger partial charge is 0.480 e. The lowest BCUT2D eigenvalue weighted by Gasteiger charge is -2.34. The maximum Gasteiger partial charge on any atom is 0.321 e. The molecule has 3 nitrogen and oxygen atoms in total. The van der Waals surface area contributed by atoms with Crippen LogP contribution in [0.3, 0.4) is 0 Å². The van der Waals surface area contributed by atoms with Gasteiger partial charge in [-0.05, 0) is 41.1 Å². The van der Waals surface area contributed by atoms with Crippen molar-refractivity contribution in [1.29, 1.82) is 0 Å². The molecule has 1 atom stereocenters. The van der Waals surface area contributed by atoms with Crippen molar-refractivity contribution in [2.75, 3.05) is 0 Å². The second-order valence-corrected chi connectivity index (χ2v) is 5.99. The third-order valence-electron chi connectivity index (χ3n) is 3.62. The molecule has 0 saturated heterocycles. The molecule has 1 aliphatic heterocycles. The number of rotatable bonds is 3. The van der Waals surface area contributed by atoms with Gasteiger partial charge in [-0.3, -0.25) is 9.69 Å². The number of halogens is 1. The molecule has 2 heterocycles. The first kappa shape index (κ1) is 13.3. The van der Waals surface area contributed by atoms with E-state index in [1.807, 2.05) is 22.4 Å². The highest BCUT2D eigenvalue weighted by Gasteiger charge is 2.31. The zero-order valence-corrected chi connectivity index (χ0v) is 11.6. The first-order valence-electron chi connectivity index (χ1n) is 6.40. The summed E-state index contributed by atoms with van der Waals surface area (Å²) in [6.07, 6.45) is 0.427. The van der Waals surface area contributed by atoms with Crippen molar-refractivity contribution in [3.63, 3.8) is 0 Å². The number of hydrogen-bond donors (Lipinski definition) is 1. The zero-order valence-electron chi connectivity index (χ0n) is 10.8. The summed E-state index contributed by atoms with van der Waals surface area (Å²) in [6, 6.07) is 8.00. The van der Waals surface area contributed by atoms with E-state index in [4.69, 9.17) is 0 Å². The molecule has 0 spiro atoms. The average Bonchev–Trinajstić information content (AvgIpc) is 2.90. The van der Waals surface area contributed by atoms with Gasteiger partial charge >= 0.3 is 5.97 Å². The number of benzene rings is 1. The summed E-state index contributed by atoms with van der Waals surface area (Å²) >= 11 is 1.61. The molecule has 0 unspecified atom stereocenters. The molecule has 1 N–H and O–H groups in total. The van der Waals surface area contributed by atoms with Crippen LogP contribution in [0.5, 0.6) is 0 Å². The number of carboxylic acids is 1. The lowest BCUT2D eigenvalue weighted by molar-refractivity contribution is -0.144. The molecule has 20 heavy (non-hydrogen) atoms. The summed E-state index contributed by atoms with van der Waals surface area (Å²) in [7, 11) is 0. The van der Waals surface area contributed by atoms with Crippen molar-refractivity contribution < 1.29 is 14.3 Å². The lowest BCUT2D eigenvalue weighted by Crippen LogP contribution is -2.44. The van der Waals surface area contributed by atoms with E-state index >= 15 is 0 Å². The van der Waals surface area contributed by atoms with Gasteiger partial charge in [0.2, 0.25) is 0 Å². The molecule has 0 amide bonds. The number of fused-ring (bicyclic) bond motifs is 1. The highest BCUT2D eigenvalue weighted by atomic mass is 32.1. The van der Waals surface area contributed by atoms with Crippen LogP contribution in [0.15, 0.2) is 35.7 Å².